The summed E-state index contributed by atoms with van der Waals surface area (Å²) in [6.07, 6.45) is 6.19. The predicted molar refractivity (Wildman–Crippen MR) is 75.0 cm³/mol. The van der Waals surface area contributed by atoms with Crippen LogP contribution in [0.5, 0.6) is 0 Å². The summed E-state index contributed by atoms with van der Waals surface area (Å²) in [5.74, 6) is 0. The fourth-order valence-corrected chi connectivity index (χ4v) is 2.49. The standard InChI is InChI=1S/C16H19NO/c1-17(2)16-14(9-6-10-15(16)12-18)11-13-7-4-3-5-8-13/h3-5,7-8,11-12H,6,9-10H2,1-2H3/b14-11+. The van der Waals surface area contributed by atoms with E-state index in [0.29, 0.717) is 0 Å². The molecule has 0 heterocycles. The highest BCUT2D eigenvalue weighted by molar-refractivity contribution is 5.78. The van der Waals surface area contributed by atoms with Crippen molar-refractivity contribution in [2.75, 3.05) is 14.1 Å². The van der Waals surface area contributed by atoms with Crippen LogP contribution in [0.3, 0.4) is 0 Å². The van der Waals surface area contributed by atoms with Gasteiger partial charge in [-0.15, -0.1) is 0 Å². The molecule has 0 saturated heterocycles. The van der Waals surface area contributed by atoms with E-state index >= 15 is 0 Å². The average Bonchev–Trinajstić information content (AvgIpc) is 2.39. The molecule has 1 aromatic carbocycles. The Morgan fingerprint density at radius 1 is 1.11 bits per heavy atom. The van der Waals surface area contributed by atoms with Crippen molar-refractivity contribution in [3.63, 3.8) is 0 Å². The zero-order chi connectivity index (χ0) is 13.0. The molecule has 1 aromatic rings. The van der Waals surface area contributed by atoms with E-state index in [4.69, 9.17) is 0 Å². The average molecular weight is 241 g/mol. The van der Waals surface area contributed by atoms with Gasteiger partial charge in [0.15, 0.2) is 0 Å². The Kier molecular flexibility index (Phi) is 3.98. The molecule has 1 aliphatic carbocycles. The Hall–Kier alpha value is -1.83. The summed E-state index contributed by atoms with van der Waals surface area (Å²) in [5, 5.41) is 0. The maximum atomic E-state index is 11.2. The Labute approximate surface area is 109 Å². The molecule has 0 spiro atoms. The smallest absolute Gasteiger partial charge is 0.148 e. The van der Waals surface area contributed by atoms with Crippen molar-refractivity contribution < 1.29 is 4.79 Å². The largest absolute Gasteiger partial charge is 0.377 e. The van der Waals surface area contributed by atoms with Crippen LogP contribution in [0, 0.1) is 0 Å². The van der Waals surface area contributed by atoms with Gasteiger partial charge in [-0.1, -0.05) is 30.3 Å². The third-order valence-corrected chi connectivity index (χ3v) is 3.23. The van der Waals surface area contributed by atoms with Crippen LogP contribution >= 0.6 is 0 Å². The van der Waals surface area contributed by atoms with Crippen LogP contribution in [0.15, 0.2) is 47.2 Å². The summed E-state index contributed by atoms with van der Waals surface area (Å²) in [6.45, 7) is 0. The van der Waals surface area contributed by atoms with Crippen molar-refractivity contribution in [2.45, 2.75) is 19.3 Å². The van der Waals surface area contributed by atoms with Crippen molar-refractivity contribution in [1.82, 2.24) is 4.90 Å². The fourth-order valence-electron chi connectivity index (χ4n) is 2.49. The molecule has 0 aliphatic heterocycles. The van der Waals surface area contributed by atoms with Gasteiger partial charge in [0, 0.05) is 25.4 Å². The normalized spacial score (nSPS) is 18.0. The zero-order valence-electron chi connectivity index (χ0n) is 11.0. The molecule has 0 bridgehead atoms. The molecular formula is C16H19NO. The number of carbonyl (C=O) groups is 1. The van der Waals surface area contributed by atoms with Crippen molar-refractivity contribution in [2.24, 2.45) is 0 Å². The summed E-state index contributed by atoms with van der Waals surface area (Å²) in [6, 6.07) is 10.3. The first-order valence-electron chi connectivity index (χ1n) is 6.34. The van der Waals surface area contributed by atoms with Crippen molar-refractivity contribution in [3.8, 4) is 0 Å². The monoisotopic (exact) mass is 241 g/mol. The van der Waals surface area contributed by atoms with E-state index in [9.17, 15) is 4.79 Å². The summed E-state index contributed by atoms with van der Waals surface area (Å²) >= 11 is 0. The third-order valence-electron chi connectivity index (χ3n) is 3.23. The van der Waals surface area contributed by atoms with Crippen LogP contribution in [-0.2, 0) is 4.79 Å². The van der Waals surface area contributed by atoms with Gasteiger partial charge in [-0.25, -0.2) is 0 Å². The van der Waals surface area contributed by atoms with Crippen molar-refractivity contribution in [1.29, 1.82) is 0 Å². The molecule has 2 rings (SSSR count). The second kappa shape index (κ2) is 5.67. The van der Waals surface area contributed by atoms with Crippen LogP contribution in [0.25, 0.3) is 6.08 Å². The molecule has 94 valence electrons. The van der Waals surface area contributed by atoms with Crippen LogP contribution in [-0.4, -0.2) is 25.3 Å². The first-order valence-corrected chi connectivity index (χ1v) is 6.34. The molecule has 0 radical (unpaired) electrons. The van der Waals surface area contributed by atoms with Gasteiger partial charge < -0.3 is 4.90 Å². The Morgan fingerprint density at radius 3 is 2.44 bits per heavy atom. The van der Waals surface area contributed by atoms with Gasteiger partial charge in [0.05, 0.1) is 0 Å². The number of allylic oxidation sites excluding steroid dienone is 2. The molecule has 1 aliphatic rings. The van der Waals surface area contributed by atoms with Gasteiger partial charge in [0.1, 0.15) is 6.29 Å². The van der Waals surface area contributed by atoms with E-state index in [-0.39, 0.29) is 0 Å². The first kappa shape index (κ1) is 12.6. The van der Waals surface area contributed by atoms with Gasteiger partial charge in [-0.05, 0) is 36.5 Å². The topological polar surface area (TPSA) is 20.3 Å². The third kappa shape index (κ3) is 2.70. The molecule has 0 N–H and O–H groups in total. The van der Waals surface area contributed by atoms with Gasteiger partial charge >= 0.3 is 0 Å². The highest BCUT2D eigenvalue weighted by atomic mass is 16.1. The molecule has 18 heavy (non-hydrogen) atoms. The van der Waals surface area contributed by atoms with Crippen LogP contribution in [0.2, 0.25) is 0 Å². The minimum Gasteiger partial charge on any atom is -0.377 e. The lowest BCUT2D eigenvalue weighted by molar-refractivity contribution is -0.105. The molecular weight excluding hydrogens is 222 g/mol. The number of rotatable bonds is 3. The molecule has 0 atom stereocenters. The first-order chi connectivity index (χ1) is 8.72. The number of carbonyl (C=O) groups excluding carboxylic acids is 1. The molecule has 0 unspecified atom stereocenters. The highest BCUT2D eigenvalue weighted by Gasteiger charge is 2.18. The van der Waals surface area contributed by atoms with Crippen molar-refractivity contribution >= 4 is 12.4 Å². The lowest BCUT2D eigenvalue weighted by Gasteiger charge is -2.26. The maximum Gasteiger partial charge on any atom is 0.148 e. The second-order valence-corrected chi connectivity index (χ2v) is 4.82. The summed E-state index contributed by atoms with van der Waals surface area (Å²) in [7, 11) is 4.01. The quantitative estimate of drug-likeness (QED) is 0.757. The van der Waals surface area contributed by atoms with E-state index < -0.39 is 0 Å². The van der Waals surface area contributed by atoms with Crippen LogP contribution < -0.4 is 0 Å². The lowest BCUT2D eigenvalue weighted by Crippen LogP contribution is -2.19. The minimum absolute atomic E-state index is 0.892. The van der Waals surface area contributed by atoms with E-state index in [1.165, 1.54) is 11.1 Å². The lowest BCUT2D eigenvalue weighted by atomic mass is 9.90. The number of hydrogen-bond acceptors (Lipinski definition) is 2. The molecule has 0 amide bonds. The van der Waals surface area contributed by atoms with E-state index in [1.807, 2.05) is 32.3 Å². The molecule has 0 saturated carbocycles. The predicted octanol–water partition coefficient (Wildman–Crippen LogP) is 3.27. The number of benzene rings is 1. The molecule has 0 fully saturated rings. The van der Waals surface area contributed by atoms with Gasteiger partial charge in [0.2, 0.25) is 0 Å². The highest BCUT2D eigenvalue weighted by Crippen LogP contribution is 2.31. The van der Waals surface area contributed by atoms with E-state index in [1.54, 1.807) is 0 Å². The van der Waals surface area contributed by atoms with Crippen molar-refractivity contribution in [3.05, 3.63) is 52.7 Å². The fraction of sp³-hybridized carbons (Fsp3) is 0.312. The number of aldehydes is 1. The zero-order valence-corrected chi connectivity index (χ0v) is 11.0. The van der Waals surface area contributed by atoms with E-state index in [2.05, 4.69) is 23.1 Å². The maximum absolute atomic E-state index is 11.2. The van der Waals surface area contributed by atoms with Gasteiger partial charge in [-0.2, -0.15) is 0 Å². The number of nitrogens with zero attached hydrogens (tertiary/aromatic N) is 1. The Balaban J connectivity index is 2.43. The number of likely N-dealkylation sites (N-methyl/N-ethyl adjacent to an activating group) is 1. The number of hydrogen-bond donors (Lipinski definition) is 0. The second-order valence-electron chi connectivity index (χ2n) is 4.82. The minimum atomic E-state index is 0.892. The molecule has 0 aromatic heterocycles. The summed E-state index contributed by atoms with van der Waals surface area (Å²) in [5.41, 5.74) is 4.48. The van der Waals surface area contributed by atoms with Crippen LogP contribution in [0.1, 0.15) is 24.8 Å². The SMILES string of the molecule is CN(C)C1=C(C=O)CCC/C1=C\c1ccccc1. The summed E-state index contributed by atoms with van der Waals surface area (Å²) in [4.78, 5) is 13.2. The van der Waals surface area contributed by atoms with E-state index in [0.717, 1.165) is 36.8 Å². The molecule has 2 heteroatoms. The van der Waals surface area contributed by atoms with Gasteiger partial charge in [0.25, 0.3) is 0 Å². The summed E-state index contributed by atoms with van der Waals surface area (Å²) < 4.78 is 0. The van der Waals surface area contributed by atoms with Gasteiger partial charge in [-0.3, -0.25) is 4.79 Å². The Bertz CT molecular complexity index is 483. The van der Waals surface area contributed by atoms with Crippen LogP contribution in [0.4, 0.5) is 0 Å². The Morgan fingerprint density at radius 2 is 1.83 bits per heavy atom. The molecule has 2 nitrogen and oxygen atoms in total.